The van der Waals surface area contributed by atoms with Crippen LogP contribution in [0.2, 0.25) is 0 Å². The number of rotatable bonds is 4. The van der Waals surface area contributed by atoms with Crippen molar-refractivity contribution in [3.05, 3.63) is 0 Å². The lowest BCUT2D eigenvalue weighted by molar-refractivity contribution is -0.163. The fraction of sp³-hybridized carbons (Fsp3) is 0.625. The largest absolute Gasteiger partial charge is 0.469 e. The van der Waals surface area contributed by atoms with Crippen LogP contribution in [0.5, 0.6) is 0 Å². The lowest BCUT2D eigenvalue weighted by atomic mass is 10.1. The highest BCUT2D eigenvalue weighted by molar-refractivity contribution is 5.97. The summed E-state index contributed by atoms with van der Waals surface area (Å²) < 4.78 is 13.0. The Labute approximate surface area is 81.1 Å². The van der Waals surface area contributed by atoms with Gasteiger partial charge in [0, 0.05) is 0 Å². The first-order chi connectivity index (χ1) is 6.56. The Bertz CT molecular complexity index is 218. The minimum atomic E-state index is -1.25. The molecule has 6 heteroatoms. The number of carbonyl (C=O) groups excluding carboxylic acids is 3. The van der Waals surface area contributed by atoms with Crippen LogP contribution in [0.3, 0.4) is 0 Å². The van der Waals surface area contributed by atoms with Crippen LogP contribution >= 0.6 is 0 Å². The zero-order chi connectivity index (χ0) is 11.1. The third-order valence-electron chi connectivity index (χ3n) is 1.57. The van der Waals surface area contributed by atoms with Crippen LogP contribution < -0.4 is 0 Å². The smallest absolute Gasteiger partial charge is 0.320 e. The topological polar surface area (TPSA) is 78.9 Å². The van der Waals surface area contributed by atoms with Gasteiger partial charge in [0.2, 0.25) is 0 Å². The Morgan fingerprint density at radius 1 is 0.929 bits per heavy atom. The van der Waals surface area contributed by atoms with Crippen LogP contribution in [-0.2, 0) is 28.6 Å². The third kappa shape index (κ3) is 3.42. The summed E-state index contributed by atoms with van der Waals surface area (Å²) in [7, 11) is 3.40. The molecule has 0 rings (SSSR count). The van der Waals surface area contributed by atoms with E-state index in [0.29, 0.717) is 0 Å². The first-order valence-corrected chi connectivity index (χ1v) is 3.79. The molecular weight excluding hydrogens is 192 g/mol. The number of hydrogen-bond acceptors (Lipinski definition) is 6. The van der Waals surface area contributed by atoms with E-state index in [1.807, 2.05) is 0 Å². The van der Waals surface area contributed by atoms with Crippen molar-refractivity contribution >= 4 is 17.9 Å². The number of ether oxygens (including phenoxy) is 3. The van der Waals surface area contributed by atoms with Gasteiger partial charge in [0.15, 0.2) is 5.92 Å². The van der Waals surface area contributed by atoms with Gasteiger partial charge in [-0.3, -0.25) is 14.4 Å². The molecule has 0 aromatic rings. The average Bonchev–Trinajstić information content (AvgIpc) is 2.23. The highest BCUT2D eigenvalue weighted by Crippen LogP contribution is 2.08. The van der Waals surface area contributed by atoms with Gasteiger partial charge in [0.1, 0.15) is 0 Å². The molecule has 0 heterocycles. The van der Waals surface area contributed by atoms with Crippen LogP contribution in [0.4, 0.5) is 0 Å². The van der Waals surface area contributed by atoms with Gasteiger partial charge in [-0.1, -0.05) is 0 Å². The maximum atomic E-state index is 11.0. The predicted molar refractivity (Wildman–Crippen MR) is 44.2 cm³/mol. The van der Waals surface area contributed by atoms with Crippen molar-refractivity contribution in [3.8, 4) is 0 Å². The lowest BCUT2D eigenvalue weighted by Crippen LogP contribution is -2.29. The highest BCUT2D eigenvalue weighted by atomic mass is 16.5. The van der Waals surface area contributed by atoms with Crippen LogP contribution in [0.15, 0.2) is 0 Å². The van der Waals surface area contributed by atoms with E-state index in [4.69, 9.17) is 0 Å². The minimum Gasteiger partial charge on any atom is -0.469 e. The molecule has 0 unspecified atom stereocenters. The zero-order valence-electron chi connectivity index (χ0n) is 8.23. The Kier molecular flexibility index (Phi) is 5.28. The molecule has 0 amide bonds. The normalized spacial score (nSPS) is 9.43. The predicted octanol–water partition coefficient (Wildman–Crippen LogP) is -0.488. The van der Waals surface area contributed by atoms with Crippen molar-refractivity contribution in [1.29, 1.82) is 0 Å². The molecule has 14 heavy (non-hydrogen) atoms. The van der Waals surface area contributed by atoms with E-state index in [-0.39, 0.29) is 6.42 Å². The lowest BCUT2D eigenvalue weighted by Gasteiger charge is -2.10. The molecule has 0 radical (unpaired) electrons. The molecular formula is C8H12O6. The summed E-state index contributed by atoms with van der Waals surface area (Å²) in [5.74, 6) is -3.56. The van der Waals surface area contributed by atoms with Crippen molar-refractivity contribution in [2.45, 2.75) is 6.42 Å². The SMILES string of the molecule is COC(=O)CC(C(=O)OC)C(=O)OC. The van der Waals surface area contributed by atoms with Crippen molar-refractivity contribution in [2.75, 3.05) is 21.3 Å². The van der Waals surface area contributed by atoms with Gasteiger partial charge in [0.25, 0.3) is 0 Å². The number of methoxy groups -OCH3 is 3. The average molecular weight is 204 g/mol. The summed E-state index contributed by atoms with van der Waals surface area (Å²) in [5, 5.41) is 0. The van der Waals surface area contributed by atoms with E-state index in [1.165, 1.54) is 0 Å². The zero-order valence-corrected chi connectivity index (χ0v) is 8.23. The summed E-state index contributed by atoms with van der Waals surface area (Å²) in [6.07, 6.45) is -0.379. The molecule has 0 bridgehead atoms. The van der Waals surface area contributed by atoms with Crippen LogP contribution in [0.1, 0.15) is 6.42 Å². The molecule has 0 fully saturated rings. The second kappa shape index (κ2) is 5.95. The number of esters is 3. The summed E-state index contributed by atoms with van der Waals surface area (Å²) in [4.78, 5) is 32.9. The second-order valence-corrected chi connectivity index (χ2v) is 2.38. The number of carbonyl (C=O) groups is 3. The molecule has 6 nitrogen and oxygen atoms in total. The Hall–Kier alpha value is -1.59. The van der Waals surface area contributed by atoms with Gasteiger partial charge in [-0.05, 0) is 0 Å². The fourth-order valence-corrected chi connectivity index (χ4v) is 0.797. The standard InChI is InChI=1S/C8H12O6/c1-12-6(9)4-5(7(10)13-2)8(11)14-3/h5H,4H2,1-3H3. The molecule has 0 spiro atoms. The number of hydrogen-bond donors (Lipinski definition) is 0. The molecule has 0 aromatic carbocycles. The summed E-state index contributed by atoms with van der Waals surface area (Å²) >= 11 is 0. The molecule has 0 aliphatic rings. The van der Waals surface area contributed by atoms with Gasteiger partial charge in [-0.25, -0.2) is 0 Å². The van der Waals surface area contributed by atoms with E-state index in [1.54, 1.807) is 0 Å². The fourth-order valence-electron chi connectivity index (χ4n) is 0.797. The summed E-state index contributed by atoms with van der Waals surface area (Å²) in [5.41, 5.74) is 0. The highest BCUT2D eigenvalue weighted by Gasteiger charge is 2.31. The van der Waals surface area contributed by atoms with E-state index in [2.05, 4.69) is 14.2 Å². The van der Waals surface area contributed by atoms with E-state index in [0.717, 1.165) is 21.3 Å². The van der Waals surface area contributed by atoms with Gasteiger partial charge in [-0.2, -0.15) is 0 Å². The maximum absolute atomic E-state index is 11.0. The van der Waals surface area contributed by atoms with E-state index >= 15 is 0 Å². The maximum Gasteiger partial charge on any atom is 0.320 e. The first-order valence-electron chi connectivity index (χ1n) is 3.79. The van der Waals surface area contributed by atoms with Gasteiger partial charge >= 0.3 is 17.9 Å². The summed E-state index contributed by atoms with van der Waals surface area (Å²) in [6, 6.07) is 0. The van der Waals surface area contributed by atoms with Crippen molar-refractivity contribution in [2.24, 2.45) is 5.92 Å². The van der Waals surface area contributed by atoms with Gasteiger partial charge < -0.3 is 14.2 Å². The van der Waals surface area contributed by atoms with Crippen molar-refractivity contribution in [1.82, 2.24) is 0 Å². The molecule has 0 N–H and O–H groups in total. The molecule has 80 valence electrons. The van der Waals surface area contributed by atoms with Crippen LogP contribution in [0.25, 0.3) is 0 Å². The Morgan fingerprint density at radius 2 is 1.36 bits per heavy atom. The molecule has 0 aliphatic carbocycles. The van der Waals surface area contributed by atoms with Gasteiger partial charge in [0.05, 0.1) is 27.8 Å². The molecule has 0 aliphatic heterocycles. The molecule has 0 saturated carbocycles. The minimum absolute atomic E-state index is 0.379. The van der Waals surface area contributed by atoms with Crippen LogP contribution in [0, 0.1) is 5.92 Å². The monoisotopic (exact) mass is 204 g/mol. The first kappa shape index (κ1) is 12.4. The second-order valence-electron chi connectivity index (χ2n) is 2.38. The van der Waals surface area contributed by atoms with Crippen LogP contribution in [-0.4, -0.2) is 39.2 Å². The van der Waals surface area contributed by atoms with Crippen molar-refractivity contribution < 1.29 is 28.6 Å². The quantitative estimate of drug-likeness (QED) is 0.349. The van der Waals surface area contributed by atoms with E-state index < -0.39 is 23.8 Å². The summed E-state index contributed by atoms with van der Waals surface area (Å²) in [6.45, 7) is 0. The Balaban J connectivity index is 4.48. The van der Waals surface area contributed by atoms with Crippen molar-refractivity contribution in [3.63, 3.8) is 0 Å². The molecule has 0 saturated heterocycles. The molecule has 0 aromatic heterocycles. The Morgan fingerprint density at radius 3 is 1.64 bits per heavy atom. The van der Waals surface area contributed by atoms with E-state index in [9.17, 15) is 14.4 Å². The van der Waals surface area contributed by atoms with Gasteiger partial charge in [-0.15, -0.1) is 0 Å². The third-order valence-corrected chi connectivity index (χ3v) is 1.57. The molecule has 0 atom stereocenters.